The van der Waals surface area contributed by atoms with Crippen LogP contribution in [-0.4, -0.2) is 63.3 Å². The molecule has 3 rings (SSSR count). The highest BCUT2D eigenvalue weighted by molar-refractivity contribution is 7.89. The Bertz CT molecular complexity index is 932. The third-order valence-electron chi connectivity index (χ3n) is 5.30. The number of piperazine rings is 1. The molecule has 1 saturated heterocycles. The normalized spacial score (nSPS) is 15.3. The van der Waals surface area contributed by atoms with Crippen LogP contribution in [0.3, 0.4) is 0 Å². The molecule has 1 aliphatic heterocycles. The topological polar surface area (TPSA) is 60.9 Å². The maximum Gasteiger partial charge on any atom is 0.253 e. The van der Waals surface area contributed by atoms with Gasteiger partial charge in [-0.1, -0.05) is 24.6 Å². The van der Waals surface area contributed by atoms with E-state index in [1.807, 2.05) is 38.2 Å². The fraction of sp³-hybridized carbons (Fsp3) is 0.409. The number of hydrogen-bond acceptors (Lipinski definition) is 4. The minimum Gasteiger partial charge on any atom is -0.375 e. The van der Waals surface area contributed by atoms with Crippen LogP contribution in [0.1, 0.15) is 29.3 Å². The number of benzene rings is 2. The van der Waals surface area contributed by atoms with Gasteiger partial charge in [0.2, 0.25) is 10.0 Å². The van der Waals surface area contributed by atoms with E-state index in [0.717, 1.165) is 24.2 Å². The van der Waals surface area contributed by atoms with E-state index < -0.39 is 10.0 Å². The van der Waals surface area contributed by atoms with E-state index in [9.17, 15) is 13.2 Å². The van der Waals surface area contributed by atoms with E-state index in [1.165, 1.54) is 4.31 Å². The Kier molecular flexibility index (Phi) is 6.59. The minimum absolute atomic E-state index is 0.0536. The number of anilines is 1. The van der Waals surface area contributed by atoms with Gasteiger partial charge in [0, 0.05) is 51.0 Å². The minimum atomic E-state index is -3.52. The SMILES string of the molecule is CCCN(C)c1ccc(C(=O)N2CCN(S(=O)(=O)c3ccc(C)cc3)CC2)cc1. The van der Waals surface area contributed by atoms with Gasteiger partial charge in [-0.3, -0.25) is 4.79 Å². The molecule has 1 amide bonds. The summed E-state index contributed by atoms with van der Waals surface area (Å²) in [5.41, 5.74) is 2.73. The van der Waals surface area contributed by atoms with Gasteiger partial charge in [0.1, 0.15) is 0 Å². The van der Waals surface area contributed by atoms with Crippen LogP contribution in [0.25, 0.3) is 0 Å². The van der Waals surface area contributed by atoms with Gasteiger partial charge >= 0.3 is 0 Å². The Balaban J connectivity index is 1.63. The molecule has 1 heterocycles. The van der Waals surface area contributed by atoms with Gasteiger partial charge < -0.3 is 9.80 Å². The highest BCUT2D eigenvalue weighted by Gasteiger charge is 2.30. The first-order valence-electron chi connectivity index (χ1n) is 10.00. The quantitative estimate of drug-likeness (QED) is 0.728. The second kappa shape index (κ2) is 8.97. The molecule has 0 aromatic heterocycles. The number of hydrogen-bond donors (Lipinski definition) is 0. The predicted molar refractivity (Wildman–Crippen MR) is 116 cm³/mol. The standard InChI is InChI=1S/C22H29N3O3S/c1-4-13-23(3)20-9-7-19(8-10-20)22(26)24-14-16-25(17-15-24)29(27,28)21-11-5-18(2)6-12-21/h5-12H,4,13-17H2,1-3H3. The summed E-state index contributed by atoms with van der Waals surface area (Å²) < 4.78 is 27.1. The van der Waals surface area contributed by atoms with Crippen LogP contribution in [0.2, 0.25) is 0 Å². The van der Waals surface area contributed by atoms with Crippen molar-refractivity contribution in [3.63, 3.8) is 0 Å². The van der Waals surface area contributed by atoms with Crippen LogP contribution in [-0.2, 0) is 10.0 Å². The van der Waals surface area contributed by atoms with Gasteiger partial charge in [0.15, 0.2) is 0 Å². The molecule has 0 spiro atoms. The van der Waals surface area contributed by atoms with E-state index >= 15 is 0 Å². The van der Waals surface area contributed by atoms with Gasteiger partial charge in [0.05, 0.1) is 4.90 Å². The van der Waals surface area contributed by atoms with E-state index in [0.29, 0.717) is 36.6 Å². The number of sulfonamides is 1. The second-order valence-corrected chi connectivity index (χ2v) is 9.42. The molecule has 0 bridgehead atoms. The molecule has 7 heteroatoms. The third kappa shape index (κ3) is 4.79. The van der Waals surface area contributed by atoms with Crippen LogP contribution >= 0.6 is 0 Å². The smallest absolute Gasteiger partial charge is 0.253 e. The molecule has 6 nitrogen and oxygen atoms in total. The average molecular weight is 416 g/mol. The lowest BCUT2D eigenvalue weighted by Crippen LogP contribution is -2.50. The molecule has 2 aromatic carbocycles. The van der Waals surface area contributed by atoms with Gasteiger partial charge in [0.25, 0.3) is 5.91 Å². The second-order valence-electron chi connectivity index (χ2n) is 7.48. The molecule has 2 aromatic rings. The van der Waals surface area contributed by atoms with Crippen LogP contribution in [0.5, 0.6) is 0 Å². The Hall–Kier alpha value is -2.38. The van der Waals surface area contributed by atoms with Gasteiger partial charge in [-0.15, -0.1) is 0 Å². The highest BCUT2D eigenvalue weighted by atomic mass is 32.2. The Morgan fingerprint density at radius 1 is 0.966 bits per heavy atom. The Labute approximate surface area is 173 Å². The molecule has 0 saturated carbocycles. The van der Waals surface area contributed by atoms with Crippen LogP contribution in [0, 0.1) is 6.92 Å². The largest absolute Gasteiger partial charge is 0.375 e. The van der Waals surface area contributed by atoms with Gasteiger partial charge in [-0.25, -0.2) is 8.42 Å². The van der Waals surface area contributed by atoms with Gasteiger partial charge in [-0.05, 0) is 49.7 Å². The van der Waals surface area contributed by atoms with Gasteiger partial charge in [-0.2, -0.15) is 4.31 Å². The Morgan fingerprint density at radius 3 is 2.10 bits per heavy atom. The zero-order valence-electron chi connectivity index (χ0n) is 17.3. The molecule has 0 unspecified atom stereocenters. The summed E-state index contributed by atoms with van der Waals surface area (Å²) in [6, 6.07) is 14.5. The van der Waals surface area contributed by atoms with Crippen molar-refractivity contribution in [3.05, 3.63) is 59.7 Å². The maximum atomic E-state index is 12.8. The van der Waals surface area contributed by atoms with E-state index in [1.54, 1.807) is 29.2 Å². The number of rotatable bonds is 6. The van der Waals surface area contributed by atoms with Crippen LogP contribution < -0.4 is 4.90 Å². The Morgan fingerprint density at radius 2 is 1.55 bits per heavy atom. The fourth-order valence-corrected chi connectivity index (χ4v) is 4.92. The third-order valence-corrected chi connectivity index (χ3v) is 7.21. The lowest BCUT2D eigenvalue weighted by Gasteiger charge is -2.34. The molecule has 1 aliphatic rings. The van der Waals surface area contributed by atoms with Crippen molar-refractivity contribution >= 4 is 21.6 Å². The summed E-state index contributed by atoms with van der Waals surface area (Å²) in [6.07, 6.45) is 1.06. The van der Waals surface area contributed by atoms with E-state index in [-0.39, 0.29) is 5.91 Å². The molecule has 0 aliphatic carbocycles. The summed E-state index contributed by atoms with van der Waals surface area (Å²) in [5, 5.41) is 0. The molecular weight excluding hydrogens is 386 g/mol. The summed E-state index contributed by atoms with van der Waals surface area (Å²) in [6.45, 7) is 6.41. The average Bonchev–Trinajstić information content (AvgIpc) is 2.74. The highest BCUT2D eigenvalue weighted by Crippen LogP contribution is 2.20. The number of carbonyl (C=O) groups excluding carboxylic acids is 1. The zero-order chi connectivity index (χ0) is 21.0. The first kappa shape index (κ1) is 21.3. The van der Waals surface area contributed by atoms with Crippen LogP contribution in [0.4, 0.5) is 5.69 Å². The van der Waals surface area contributed by atoms with E-state index in [2.05, 4.69) is 11.8 Å². The molecular formula is C22H29N3O3S. The number of aryl methyl sites for hydroxylation is 1. The van der Waals surface area contributed by atoms with Crippen molar-refractivity contribution < 1.29 is 13.2 Å². The van der Waals surface area contributed by atoms with Crippen LogP contribution in [0.15, 0.2) is 53.4 Å². The van der Waals surface area contributed by atoms with E-state index in [4.69, 9.17) is 0 Å². The van der Waals surface area contributed by atoms with Crippen molar-refractivity contribution in [2.24, 2.45) is 0 Å². The molecule has 1 fully saturated rings. The molecule has 0 N–H and O–H groups in total. The summed E-state index contributed by atoms with van der Waals surface area (Å²) >= 11 is 0. The van der Waals surface area contributed by atoms with Crippen molar-refractivity contribution in [2.45, 2.75) is 25.2 Å². The molecule has 0 atom stereocenters. The fourth-order valence-electron chi connectivity index (χ4n) is 3.50. The number of nitrogens with zero attached hydrogens (tertiary/aromatic N) is 3. The maximum absolute atomic E-state index is 12.8. The number of carbonyl (C=O) groups is 1. The van der Waals surface area contributed by atoms with Crippen molar-refractivity contribution in [2.75, 3.05) is 44.7 Å². The summed E-state index contributed by atoms with van der Waals surface area (Å²) in [7, 11) is -1.49. The molecule has 156 valence electrons. The monoisotopic (exact) mass is 415 g/mol. The lowest BCUT2D eigenvalue weighted by atomic mass is 10.1. The lowest BCUT2D eigenvalue weighted by molar-refractivity contribution is 0.0698. The van der Waals surface area contributed by atoms with Crippen molar-refractivity contribution in [1.82, 2.24) is 9.21 Å². The van der Waals surface area contributed by atoms with Crippen molar-refractivity contribution in [1.29, 1.82) is 0 Å². The summed E-state index contributed by atoms with van der Waals surface area (Å²) in [4.78, 5) is 17.0. The first-order chi connectivity index (χ1) is 13.8. The predicted octanol–water partition coefficient (Wildman–Crippen LogP) is 2.99. The molecule has 0 radical (unpaired) electrons. The zero-order valence-corrected chi connectivity index (χ0v) is 18.2. The van der Waals surface area contributed by atoms with Crippen molar-refractivity contribution in [3.8, 4) is 0 Å². The molecule has 29 heavy (non-hydrogen) atoms. The first-order valence-corrected chi connectivity index (χ1v) is 11.4. The number of amides is 1. The summed E-state index contributed by atoms with van der Waals surface area (Å²) in [5.74, 6) is -0.0536.